The van der Waals surface area contributed by atoms with Crippen LogP contribution in [0, 0.1) is 30.6 Å². The first-order chi connectivity index (χ1) is 16.6. The van der Waals surface area contributed by atoms with E-state index in [1.807, 2.05) is 19.1 Å². The van der Waals surface area contributed by atoms with E-state index in [-0.39, 0.29) is 12.1 Å². The van der Waals surface area contributed by atoms with Crippen LogP contribution in [-0.2, 0) is 0 Å². The summed E-state index contributed by atoms with van der Waals surface area (Å²) >= 11 is 0. The van der Waals surface area contributed by atoms with Crippen LogP contribution in [-0.4, -0.2) is 25.2 Å². The molecule has 0 heterocycles. The first-order valence-corrected chi connectivity index (χ1v) is 13.8. The number of aryl methyl sites for hydroxylation is 1. The van der Waals surface area contributed by atoms with Gasteiger partial charge in [0.2, 0.25) is 0 Å². The zero-order valence-corrected chi connectivity index (χ0v) is 23.4. The van der Waals surface area contributed by atoms with Crippen molar-refractivity contribution in [2.45, 2.75) is 99.8 Å². The molecule has 0 aliphatic rings. The fourth-order valence-corrected chi connectivity index (χ4v) is 4.08. The number of carbonyl (C=O) groups is 2. The highest BCUT2D eigenvalue weighted by Gasteiger charge is 2.10. The Hall–Kier alpha value is -2.24. The van der Waals surface area contributed by atoms with E-state index in [1.54, 1.807) is 6.07 Å². The molecule has 0 radical (unpaired) electrons. The molecule has 6 heteroatoms. The van der Waals surface area contributed by atoms with Crippen molar-refractivity contribution in [3.05, 3.63) is 23.8 Å². The number of hydrogen-bond acceptors (Lipinski definition) is 2. The lowest BCUT2D eigenvalue weighted by Gasteiger charge is -2.15. The van der Waals surface area contributed by atoms with Gasteiger partial charge in [-0.1, -0.05) is 86.1 Å². The number of carbonyl (C=O) groups excluding carboxylic acids is 2. The Morgan fingerprint density at radius 1 is 0.686 bits per heavy atom. The Labute approximate surface area is 214 Å². The molecule has 6 nitrogen and oxygen atoms in total. The average Bonchev–Trinajstić information content (AvgIpc) is 2.75. The molecular formula is C29H52N4O2. The summed E-state index contributed by atoms with van der Waals surface area (Å²) in [5.41, 5.74) is 2.31. The van der Waals surface area contributed by atoms with Crippen LogP contribution < -0.4 is 21.3 Å². The molecule has 1 aromatic rings. The van der Waals surface area contributed by atoms with Crippen molar-refractivity contribution in [3.63, 3.8) is 0 Å². The molecular weight excluding hydrogens is 436 g/mol. The fraction of sp³-hybridized carbons (Fsp3) is 0.724. The van der Waals surface area contributed by atoms with Gasteiger partial charge in [-0.05, 0) is 61.1 Å². The third kappa shape index (κ3) is 15.4. The summed E-state index contributed by atoms with van der Waals surface area (Å²) in [6.45, 7) is 16.8. The quantitative estimate of drug-likeness (QED) is 0.190. The van der Waals surface area contributed by atoms with Crippen LogP contribution in [0.4, 0.5) is 21.0 Å². The standard InChI is InChI=1S/C29H52N4O2/c1-21(2)10-8-12-23(5)16-18-30-28(34)32-26-15-14-25(7)27(20-26)33-29(35)31-19-17-24(6)13-9-11-22(3)4/h14-15,20-24H,8-13,16-19H2,1-7H3,(H2,30,32,34)(H2,31,33,35). The maximum Gasteiger partial charge on any atom is 0.319 e. The highest BCUT2D eigenvalue weighted by atomic mass is 16.2. The second kappa shape index (κ2) is 17.2. The van der Waals surface area contributed by atoms with Crippen molar-refractivity contribution in [2.75, 3.05) is 23.7 Å². The topological polar surface area (TPSA) is 82.3 Å². The van der Waals surface area contributed by atoms with Gasteiger partial charge < -0.3 is 21.3 Å². The summed E-state index contributed by atoms with van der Waals surface area (Å²) < 4.78 is 0. The normalized spacial score (nSPS) is 12.9. The molecule has 0 aliphatic carbocycles. The highest BCUT2D eigenvalue weighted by Crippen LogP contribution is 2.21. The predicted octanol–water partition coefficient (Wildman–Crippen LogP) is 7.94. The van der Waals surface area contributed by atoms with Crippen LogP contribution in [0.3, 0.4) is 0 Å². The minimum absolute atomic E-state index is 0.212. The van der Waals surface area contributed by atoms with Crippen molar-refractivity contribution < 1.29 is 9.59 Å². The molecule has 0 saturated heterocycles. The Balaban J connectivity index is 2.37. The molecule has 4 N–H and O–H groups in total. The van der Waals surface area contributed by atoms with E-state index in [2.05, 4.69) is 62.8 Å². The molecule has 0 saturated carbocycles. The second-order valence-electron chi connectivity index (χ2n) is 11.2. The minimum Gasteiger partial charge on any atom is -0.338 e. The molecule has 35 heavy (non-hydrogen) atoms. The van der Waals surface area contributed by atoms with Crippen molar-refractivity contribution in [3.8, 4) is 0 Å². The van der Waals surface area contributed by atoms with E-state index >= 15 is 0 Å². The zero-order chi connectivity index (χ0) is 26.2. The molecule has 0 bridgehead atoms. The van der Waals surface area contributed by atoms with Crippen molar-refractivity contribution in [2.24, 2.45) is 23.7 Å². The van der Waals surface area contributed by atoms with E-state index < -0.39 is 0 Å². The van der Waals surface area contributed by atoms with Crippen molar-refractivity contribution in [1.29, 1.82) is 0 Å². The zero-order valence-electron chi connectivity index (χ0n) is 23.4. The SMILES string of the molecule is Cc1ccc(NC(=O)NCCC(C)CCCC(C)C)cc1NC(=O)NCCC(C)CCCC(C)C. The average molecular weight is 489 g/mol. The van der Waals surface area contributed by atoms with Gasteiger partial charge in [-0.15, -0.1) is 0 Å². The molecule has 0 fully saturated rings. The van der Waals surface area contributed by atoms with Crippen molar-refractivity contribution >= 4 is 23.4 Å². The molecule has 0 spiro atoms. The van der Waals surface area contributed by atoms with Gasteiger partial charge in [-0.3, -0.25) is 0 Å². The number of amides is 4. The van der Waals surface area contributed by atoms with Crippen LogP contribution in [0.25, 0.3) is 0 Å². The first kappa shape index (κ1) is 30.8. The van der Waals surface area contributed by atoms with Gasteiger partial charge in [-0.2, -0.15) is 0 Å². The molecule has 1 aromatic carbocycles. The summed E-state index contributed by atoms with van der Waals surface area (Å²) in [6, 6.07) is 5.13. The molecule has 1 rings (SSSR count). The van der Waals surface area contributed by atoms with Crippen LogP contribution >= 0.6 is 0 Å². The first-order valence-electron chi connectivity index (χ1n) is 13.8. The van der Waals surface area contributed by atoms with Gasteiger partial charge in [0, 0.05) is 24.5 Å². The maximum atomic E-state index is 12.4. The molecule has 0 aromatic heterocycles. The number of hydrogen-bond donors (Lipinski definition) is 4. The number of urea groups is 2. The molecule has 4 amide bonds. The van der Waals surface area contributed by atoms with E-state index in [9.17, 15) is 9.59 Å². The van der Waals surface area contributed by atoms with Gasteiger partial charge >= 0.3 is 12.1 Å². The smallest absolute Gasteiger partial charge is 0.319 e. The number of rotatable bonds is 16. The summed E-state index contributed by atoms with van der Waals surface area (Å²) in [5.74, 6) is 2.70. The lowest BCUT2D eigenvalue weighted by molar-refractivity contribution is 0.250. The summed E-state index contributed by atoms with van der Waals surface area (Å²) in [4.78, 5) is 24.7. The Morgan fingerprint density at radius 2 is 1.17 bits per heavy atom. The minimum atomic E-state index is -0.218. The lowest BCUT2D eigenvalue weighted by Crippen LogP contribution is -2.31. The predicted molar refractivity (Wildman–Crippen MR) is 150 cm³/mol. The summed E-state index contributed by atoms with van der Waals surface area (Å²) in [7, 11) is 0. The molecule has 2 atom stereocenters. The van der Waals surface area contributed by atoms with Gasteiger partial charge in [0.1, 0.15) is 0 Å². The van der Waals surface area contributed by atoms with E-state index in [0.717, 1.165) is 30.2 Å². The Kier molecular flexibility index (Phi) is 15.2. The lowest BCUT2D eigenvalue weighted by atomic mass is 9.97. The van der Waals surface area contributed by atoms with Gasteiger partial charge in [0.15, 0.2) is 0 Å². The molecule has 2 unspecified atom stereocenters. The number of benzene rings is 1. The van der Waals surface area contributed by atoms with E-state index in [4.69, 9.17) is 0 Å². The van der Waals surface area contributed by atoms with Crippen LogP contribution in [0.1, 0.15) is 98.5 Å². The van der Waals surface area contributed by atoms with E-state index in [0.29, 0.717) is 36.3 Å². The van der Waals surface area contributed by atoms with Crippen molar-refractivity contribution in [1.82, 2.24) is 10.6 Å². The van der Waals surface area contributed by atoms with Gasteiger partial charge in [0.25, 0.3) is 0 Å². The van der Waals surface area contributed by atoms with Gasteiger partial charge in [-0.25, -0.2) is 9.59 Å². The van der Waals surface area contributed by atoms with Crippen LogP contribution in [0.2, 0.25) is 0 Å². The number of anilines is 2. The molecule has 200 valence electrons. The number of nitrogens with one attached hydrogen (secondary N) is 4. The maximum absolute atomic E-state index is 12.4. The fourth-order valence-electron chi connectivity index (χ4n) is 4.08. The second-order valence-corrected chi connectivity index (χ2v) is 11.2. The Bertz CT molecular complexity index is 748. The van der Waals surface area contributed by atoms with Crippen LogP contribution in [0.5, 0.6) is 0 Å². The Morgan fingerprint density at radius 3 is 1.66 bits per heavy atom. The third-order valence-electron chi connectivity index (χ3n) is 6.55. The van der Waals surface area contributed by atoms with Crippen LogP contribution in [0.15, 0.2) is 18.2 Å². The summed E-state index contributed by atoms with van der Waals surface area (Å²) in [6.07, 6.45) is 9.37. The summed E-state index contributed by atoms with van der Waals surface area (Å²) in [5, 5.41) is 11.7. The highest BCUT2D eigenvalue weighted by molar-refractivity contribution is 5.93. The molecule has 0 aliphatic heterocycles. The van der Waals surface area contributed by atoms with E-state index in [1.165, 1.54) is 38.5 Å². The third-order valence-corrected chi connectivity index (χ3v) is 6.55. The monoisotopic (exact) mass is 488 g/mol. The van der Waals surface area contributed by atoms with Gasteiger partial charge in [0.05, 0.1) is 0 Å². The largest absolute Gasteiger partial charge is 0.338 e.